The Bertz CT molecular complexity index is 593. The van der Waals surface area contributed by atoms with Gasteiger partial charge in [0.25, 0.3) is 0 Å². The van der Waals surface area contributed by atoms with Crippen molar-refractivity contribution in [2.75, 3.05) is 13.1 Å². The van der Waals surface area contributed by atoms with Crippen LogP contribution < -0.4 is 5.43 Å². The van der Waals surface area contributed by atoms with Crippen molar-refractivity contribution in [2.24, 2.45) is 11.8 Å². The first-order chi connectivity index (χ1) is 10.9. The molecule has 8 nitrogen and oxygen atoms in total. The van der Waals surface area contributed by atoms with Crippen LogP contribution in [0.5, 0.6) is 0 Å². The van der Waals surface area contributed by atoms with E-state index >= 15 is 0 Å². The van der Waals surface area contributed by atoms with Crippen LogP contribution in [-0.4, -0.2) is 68.9 Å². The summed E-state index contributed by atoms with van der Waals surface area (Å²) in [5, 5.41) is 20.8. The SMILES string of the molecule is C[C@@H](O)[C@H]1C(=O)N2C(C(=O)O)=C(SC3CNN(C=O)C3)[C@H](C)[C@@H]12. The third kappa shape index (κ3) is 2.43. The minimum Gasteiger partial charge on any atom is -0.477 e. The lowest BCUT2D eigenvalue weighted by Crippen LogP contribution is -2.63. The van der Waals surface area contributed by atoms with E-state index in [1.165, 1.54) is 21.7 Å². The van der Waals surface area contributed by atoms with Crippen molar-refractivity contribution >= 4 is 30.0 Å². The monoisotopic (exact) mass is 341 g/mol. The van der Waals surface area contributed by atoms with Gasteiger partial charge in [0.15, 0.2) is 0 Å². The number of hydrogen-bond acceptors (Lipinski definition) is 6. The Kier molecular flexibility index (Phi) is 4.11. The van der Waals surface area contributed by atoms with Gasteiger partial charge in [-0.15, -0.1) is 11.8 Å². The number of carbonyl (C=O) groups excluding carboxylic acids is 2. The van der Waals surface area contributed by atoms with Crippen molar-refractivity contribution in [3.8, 4) is 0 Å². The molecule has 3 heterocycles. The van der Waals surface area contributed by atoms with Crippen molar-refractivity contribution in [2.45, 2.75) is 31.2 Å². The zero-order valence-corrected chi connectivity index (χ0v) is 13.6. The number of aliphatic carboxylic acids is 1. The highest BCUT2D eigenvalue weighted by molar-refractivity contribution is 8.03. The number of amides is 2. The van der Waals surface area contributed by atoms with Gasteiger partial charge in [-0.3, -0.25) is 14.6 Å². The molecule has 0 saturated carbocycles. The third-order valence-corrected chi connectivity index (χ3v) is 6.12. The lowest BCUT2D eigenvalue weighted by atomic mass is 9.79. The Morgan fingerprint density at radius 2 is 2.22 bits per heavy atom. The molecule has 9 heteroatoms. The summed E-state index contributed by atoms with van der Waals surface area (Å²) >= 11 is 1.40. The van der Waals surface area contributed by atoms with Crippen molar-refractivity contribution < 1.29 is 24.6 Å². The Morgan fingerprint density at radius 3 is 2.74 bits per heavy atom. The van der Waals surface area contributed by atoms with Crippen LogP contribution in [0.3, 0.4) is 0 Å². The highest BCUT2D eigenvalue weighted by Gasteiger charge is 2.60. The molecule has 3 aliphatic heterocycles. The van der Waals surface area contributed by atoms with Crippen LogP contribution in [0.25, 0.3) is 0 Å². The highest BCUT2D eigenvalue weighted by Crippen LogP contribution is 2.51. The molecule has 5 atom stereocenters. The van der Waals surface area contributed by atoms with Gasteiger partial charge >= 0.3 is 5.97 Å². The van der Waals surface area contributed by atoms with E-state index < -0.39 is 18.0 Å². The number of rotatable bonds is 5. The zero-order valence-electron chi connectivity index (χ0n) is 12.8. The fourth-order valence-electron chi connectivity index (χ4n) is 3.59. The minimum atomic E-state index is -1.13. The topological polar surface area (TPSA) is 110 Å². The number of nitrogens with zero attached hydrogens (tertiary/aromatic N) is 2. The third-order valence-electron chi connectivity index (χ3n) is 4.65. The van der Waals surface area contributed by atoms with Crippen molar-refractivity contribution in [3.05, 3.63) is 10.6 Å². The molecule has 0 aromatic rings. The van der Waals surface area contributed by atoms with Crippen molar-refractivity contribution in [3.63, 3.8) is 0 Å². The Balaban J connectivity index is 1.85. The van der Waals surface area contributed by atoms with E-state index in [4.69, 9.17) is 0 Å². The van der Waals surface area contributed by atoms with Crippen LogP contribution in [0.1, 0.15) is 13.8 Å². The Hall–Kier alpha value is -1.58. The number of aliphatic hydroxyl groups is 1. The quantitative estimate of drug-likeness (QED) is 0.444. The number of nitrogens with one attached hydrogen (secondary N) is 1. The molecule has 0 radical (unpaired) electrons. The molecule has 0 bridgehead atoms. The largest absolute Gasteiger partial charge is 0.477 e. The minimum absolute atomic E-state index is 0.0268. The molecule has 0 aromatic carbocycles. The summed E-state index contributed by atoms with van der Waals surface area (Å²) in [4.78, 5) is 36.6. The average molecular weight is 341 g/mol. The van der Waals surface area contributed by atoms with Crippen LogP contribution in [0.4, 0.5) is 0 Å². The van der Waals surface area contributed by atoms with Gasteiger partial charge in [-0.1, -0.05) is 6.92 Å². The second-order valence-corrected chi connectivity index (χ2v) is 7.47. The number of carboxylic acids is 1. The van der Waals surface area contributed by atoms with Crippen LogP contribution >= 0.6 is 11.8 Å². The molecule has 3 rings (SSSR count). The number of β-lactam (4-membered cyclic amide) rings is 1. The summed E-state index contributed by atoms with van der Waals surface area (Å²) in [7, 11) is 0. The summed E-state index contributed by atoms with van der Waals surface area (Å²) < 4.78 is 0. The van der Waals surface area contributed by atoms with Crippen LogP contribution in [-0.2, 0) is 14.4 Å². The molecule has 2 saturated heterocycles. The Morgan fingerprint density at radius 1 is 1.52 bits per heavy atom. The van der Waals surface area contributed by atoms with Gasteiger partial charge in [0, 0.05) is 22.6 Å². The summed E-state index contributed by atoms with van der Waals surface area (Å²) in [5.74, 6) is -2.15. The summed E-state index contributed by atoms with van der Waals surface area (Å²) in [5.41, 5.74) is 2.94. The summed E-state index contributed by atoms with van der Waals surface area (Å²) in [6, 6.07) is -0.298. The molecule has 2 fully saturated rings. The molecule has 0 aliphatic carbocycles. The lowest BCUT2D eigenvalue weighted by molar-refractivity contribution is -0.163. The maximum atomic E-state index is 12.2. The smallest absolute Gasteiger partial charge is 0.353 e. The number of hydrazine groups is 1. The van der Waals surface area contributed by atoms with E-state index in [1.54, 1.807) is 6.92 Å². The maximum absolute atomic E-state index is 12.2. The van der Waals surface area contributed by atoms with Crippen LogP contribution in [0.15, 0.2) is 10.6 Å². The number of carbonyl (C=O) groups is 3. The summed E-state index contributed by atoms with van der Waals surface area (Å²) in [6.45, 7) is 4.49. The van der Waals surface area contributed by atoms with Gasteiger partial charge in [-0.25, -0.2) is 10.2 Å². The Labute approximate surface area is 137 Å². The predicted molar refractivity (Wildman–Crippen MR) is 81.8 cm³/mol. The normalized spacial score (nSPS) is 34.5. The second kappa shape index (κ2) is 5.81. The summed E-state index contributed by atoms with van der Waals surface area (Å²) in [6.07, 6.45) is -0.102. The molecular formula is C14H19N3O5S. The molecule has 23 heavy (non-hydrogen) atoms. The van der Waals surface area contributed by atoms with Gasteiger partial charge in [-0.2, -0.15) is 0 Å². The van der Waals surface area contributed by atoms with E-state index in [1.807, 2.05) is 6.92 Å². The first-order valence-corrected chi connectivity index (χ1v) is 8.35. The number of carboxylic acid groups (broad SMARTS) is 1. The first-order valence-electron chi connectivity index (χ1n) is 7.47. The van der Waals surface area contributed by atoms with Crippen LogP contribution in [0, 0.1) is 11.8 Å². The van der Waals surface area contributed by atoms with E-state index in [0.717, 1.165) is 0 Å². The molecule has 3 aliphatic rings. The molecule has 1 unspecified atom stereocenters. The first kappa shape index (κ1) is 16.3. The van der Waals surface area contributed by atoms with Gasteiger partial charge < -0.3 is 15.1 Å². The fraction of sp³-hybridized carbons (Fsp3) is 0.643. The average Bonchev–Trinajstić information content (AvgIpc) is 3.02. The van der Waals surface area contributed by atoms with Crippen molar-refractivity contribution in [1.82, 2.24) is 15.3 Å². The van der Waals surface area contributed by atoms with Crippen molar-refractivity contribution in [1.29, 1.82) is 0 Å². The lowest BCUT2D eigenvalue weighted by Gasteiger charge is -2.46. The maximum Gasteiger partial charge on any atom is 0.353 e. The predicted octanol–water partition coefficient (Wildman–Crippen LogP) is -0.781. The molecule has 0 aromatic heterocycles. The highest BCUT2D eigenvalue weighted by atomic mass is 32.2. The van der Waals surface area contributed by atoms with E-state index in [9.17, 15) is 24.6 Å². The standard InChI is InChI=1S/C14H19N3O5S/c1-6-10-9(7(2)19)13(20)17(10)11(14(21)22)12(6)23-8-3-15-16(4-8)5-18/h5-10,15,19H,3-4H2,1-2H3,(H,21,22)/t6-,7-,8?,9-,10+/m1/s1. The second-order valence-electron chi connectivity index (χ2n) is 6.13. The zero-order chi connectivity index (χ0) is 16.9. The molecule has 126 valence electrons. The number of aliphatic hydroxyl groups excluding tert-OH is 1. The molecule has 3 N–H and O–H groups in total. The van der Waals surface area contributed by atoms with Gasteiger partial charge in [0.2, 0.25) is 12.3 Å². The fourth-order valence-corrected chi connectivity index (χ4v) is 4.99. The van der Waals surface area contributed by atoms with E-state index in [-0.39, 0.29) is 28.8 Å². The number of fused-ring (bicyclic) bond motifs is 1. The van der Waals surface area contributed by atoms with E-state index in [2.05, 4.69) is 5.43 Å². The molecule has 2 amide bonds. The number of thioether (sulfide) groups is 1. The van der Waals surface area contributed by atoms with Crippen LogP contribution in [0.2, 0.25) is 0 Å². The molecule has 0 spiro atoms. The van der Waals surface area contributed by atoms with Gasteiger partial charge in [0.05, 0.1) is 24.6 Å². The van der Waals surface area contributed by atoms with Gasteiger partial charge in [0.1, 0.15) is 5.70 Å². The number of hydrogen-bond donors (Lipinski definition) is 3. The van der Waals surface area contributed by atoms with Gasteiger partial charge in [-0.05, 0) is 6.92 Å². The molecular weight excluding hydrogens is 322 g/mol. The van der Waals surface area contributed by atoms with E-state index in [0.29, 0.717) is 24.4 Å².